The van der Waals surface area contributed by atoms with Crippen LogP contribution in [0.5, 0.6) is 0 Å². The molecule has 1 fully saturated rings. The Labute approximate surface area is 239 Å². The highest BCUT2D eigenvalue weighted by atomic mass is 16.5. The molecule has 0 atom stereocenters. The summed E-state index contributed by atoms with van der Waals surface area (Å²) in [7, 11) is 2.13. The summed E-state index contributed by atoms with van der Waals surface area (Å²) < 4.78 is 5.46. The molecular formula is C32H45N5O3. The molecule has 1 amide bonds. The highest BCUT2D eigenvalue weighted by Crippen LogP contribution is 2.23. The molecular weight excluding hydrogens is 502 g/mol. The lowest BCUT2D eigenvalue weighted by molar-refractivity contribution is -0.145. The van der Waals surface area contributed by atoms with Crippen LogP contribution in [0.15, 0.2) is 47.6 Å². The van der Waals surface area contributed by atoms with Crippen molar-refractivity contribution in [2.75, 3.05) is 58.2 Å². The Morgan fingerprint density at radius 3 is 2.45 bits per heavy atom. The molecule has 0 radical (unpaired) electrons. The number of likely N-dealkylation sites (N-methyl/N-ethyl adjacent to an activating group) is 1. The molecule has 2 aromatic carbocycles. The van der Waals surface area contributed by atoms with Gasteiger partial charge in [0.15, 0.2) is 0 Å². The van der Waals surface area contributed by atoms with Crippen molar-refractivity contribution >= 4 is 23.8 Å². The van der Waals surface area contributed by atoms with E-state index in [9.17, 15) is 9.59 Å². The average Bonchev–Trinajstić information content (AvgIpc) is 2.96. The maximum Gasteiger partial charge on any atom is 0.320 e. The fraction of sp³-hybridized carbons (Fsp3) is 0.531. The molecule has 0 spiro atoms. The van der Waals surface area contributed by atoms with Gasteiger partial charge in [0.25, 0.3) is 5.91 Å². The van der Waals surface area contributed by atoms with Crippen LogP contribution < -0.4 is 5.32 Å². The number of hydrazone groups is 1. The zero-order valence-corrected chi connectivity index (χ0v) is 24.2. The van der Waals surface area contributed by atoms with E-state index in [0.29, 0.717) is 25.3 Å². The Hall–Kier alpha value is -3.23. The van der Waals surface area contributed by atoms with Crippen molar-refractivity contribution in [2.24, 2.45) is 5.10 Å². The van der Waals surface area contributed by atoms with Crippen molar-refractivity contribution in [3.05, 3.63) is 64.7 Å². The van der Waals surface area contributed by atoms with Crippen molar-refractivity contribution in [1.82, 2.24) is 14.8 Å². The highest BCUT2D eigenvalue weighted by Gasteiger charge is 2.20. The number of rotatable bonds is 13. The molecule has 8 nitrogen and oxygen atoms in total. The van der Waals surface area contributed by atoms with E-state index in [1.165, 1.54) is 36.8 Å². The third kappa shape index (κ3) is 9.45. The molecule has 40 heavy (non-hydrogen) atoms. The van der Waals surface area contributed by atoms with E-state index in [1.54, 1.807) is 0 Å². The molecule has 4 rings (SSSR count). The zero-order valence-electron chi connectivity index (χ0n) is 24.2. The van der Waals surface area contributed by atoms with Crippen LogP contribution in [0.2, 0.25) is 0 Å². The maximum absolute atomic E-state index is 12.9. The minimum absolute atomic E-state index is 0.131. The standard InChI is InChI=1S/C32H45N5O3/c1-3-4-5-6-7-8-21-40-31(38)25-36-16-15-28-22-30(14-13-29(28)24-36)34-32(39)27-11-9-26(10-12-27)23-33-37-19-17-35(2)18-20-37/h9-14,22-23H,3-8,15-21,24-25H2,1-2H3,(H,34,39)/b33-23+. The van der Waals surface area contributed by atoms with Gasteiger partial charge in [-0.1, -0.05) is 57.2 Å². The second-order valence-electron chi connectivity index (χ2n) is 11.0. The first-order valence-electron chi connectivity index (χ1n) is 14.9. The number of hydrogen-bond donors (Lipinski definition) is 1. The molecule has 216 valence electrons. The van der Waals surface area contributed by atoms with Gasteiger partial charge in [-0.15, -0.1) is 0 Å². The number of unbranched alkanes of at least 4 members (excludes halogenated alkanes) is 5. The molecule has 0 saturated carbocycles. The van der Waals surface area contributed by atoms with Gasteiger partial charge in [0, 0.05) is 50.5 Å². The Bertz CT molecular complexity index is 1130. The van der Waals surface area contributed by atoms with E-state index in [-0.39, 0.29) is 11.9 Å². The lowest BCUT2D eigenvalue weighted by Crippen LogP contribution is -2.41. The molecule has 1 saturated heterocycles. The summed E-state index contributed by atoms with van der Waals surface area (Å²) in [5.41, 5.74) is 4.78. The van der Waals surface area contributed by atoms with Crippen LogP contribution in [0.1, 0.15) is 72.5 Å². The summed E-state index contributed by atoms with van der Waals surface area (Å²) in [6, 6.07) is 13.6. The quantitative estimate of drug-likeness (QED) is 0.221. The van der Waals surface area contributed by atoms with E-state index >= 15 is 0 Å². The van der Waals surface area contributed by atoms with Gasteiger partial charge in [-0.05, 0) is 60.8 Å². The monoisotopic (exact) mass is 547 g/mol. The number of carbonyl (C=O) groups excluding carboxylic acids is 2. The SMILES string of the molecule is CCCCCCCCOC(=O)CN1CCc2cc(NC(=O)c3ccc(/C=N/N4CCN(C)CC4)cc3)ccc2C1. The Kier molecular flexibility index (Phi) is 11.5. The summed E-state index contributed by atoms with van der Waals surface area (Å²) in [5, 5.41) is 9.68. The fourth-order valence-corrected chi connectivity index (χ4v) is 5.10. The molecule has 2 aliphatic heterocycles. The summed E-state index contributed by atoms with van der Waals surface area (Å²) >= 11 is 0. The van der Waals surface area contributed by atoms with Gasteiger partial charge in [0.2, 0.25) is 0 Å². The second-order valence-corrected chi connectivity index (χ2v) is 11.0. The Balaban J connectivity index is 1.20. The minimum Gasteiger partial charge on any atom is -0.465 e. The van der Waals surface area contributed by atoms with E-state index in [0.717, 1.165) is 63.2 Å². The largest absolute Gasteiger partial charge is 0.465 e. The number of hydrogen-bond acceptors (Lipinski definition) is 7. The molecule has 0 bridgehead atoms. The molecule has 0 unspecified atom stereocenters. The number of nitrogens with zero attached hydrogens (tertiary/aromatic N) is 4. The smallest absolute Gasteiger partial charge is 0.320 e. The predicted octanol–water partition coefficient (Wildman–Crippen LogP) is 4.78. The van der Waals surface area contributed by atoms with Gasteiger partial charge >= 0.3 is 5.97 Å². The number of esters is 1. The topological polar surface area (TPSA) is 77.5 Å². The van der Waals surface area contributed by atoms with Gasteiger partial charge in [-0.3, -0.25) is 19.5 Å². The van der Waals surface area contributed by atoms with E-state index in [1.807, 2.05) is 36.5 Å². The number of piperazine rings is 1. The Morgan fingerprint density at radius 1 is 0.925 bits per heavy atom. The minimum atomic E-state index is -0.141. The van der Waals surface area contributed by atoms with Gasteiger partial charge in [0.05, 0.1) is 19.4 Å². The summed E-state index contributed by atoms with van der Waals surface area (Å²) in [4.78, 5) is 29.6. The number of benzene rings is 2. The van der Waals surface area contributed by atoms with Gasteiger partial charge in [-0.2, -0.15) is 5.10 Å². The third-order valence-electron chi connectivity index (χ3n) is 7.69. The number of carbonyl (C=O) groups is 2. The van der Waals surface area contributed by atoms with Crippen LogP contribution in [-0.2, 0) is 22.5 Å². The molecule has 1 N–H and O–H groups in total. The number of fused-ring (bicyclic) bond motifs is 1. The van der Waals surface area contributed by atoms with E-state index < -0.39 is 0 Å². The van der Waals surface area contributed by atoms with Crippen LogP contribution in [0.3, 0.4) is 0 Å². The highest BCUT2D eigenvalue weighted by molar-refractivity contribution is 6.04. The van der Waals surface area contributed by atoms with Gasteiger partial charge < -0.3 is 15.0 Å². The van der Waals surface area contributed by atoms with Crippen LogP contribution in [-0.4, -0.2) is 85.8 Å². The van der Waals surface area contributed by atoms with E-state index in [2.05, 4.69) is 51.3 Å². The first-order chi connectivity index (χ1) is 19.5. The van der Waals surface area contributed by atoms with Crippen LogP contribution in [0, 0.1) is 0 Å². The van der Waals surface area contributed by atoms with Crippen LogP contribution >= 0.6 is 0 Å². The van der Waals surface area contributed by atoms with Gasteiger partial charge in [0.1, 0.15) is 0 Å². The zero-order chi connectivity index (χ0) is 28.2. The molecule has 2 heterocycles. The summed E-state index contributed by atoms with van der Waals surface area (Å²) in [5.74, 6) is -0.273. The third-order valence-corrected chi connectivity index (χ3v) is 7.69. The molecule has 2 aliphatic rings. The van der Waals surface area contributed by atoms with Crippen molar-refractivity contribution in [2.45, 2.75) is 58.4 Å². The maximum atomic E-state index is 12.9. The lowest BCUT2D eigenvalue weighted by Gasteiger charge is -2.30. The summed E-state index contributed by atoms with van der Waals surface area (Å²) in [6.07, 6.45) is 9.78. The van der Waals surface area contributed by atoms with Crippen LogP contribution in [0.4, 0.5) is 5.69 Å². The number of amides is 1. The molecule has 2 aromatic rings. The molecule has 8 heteroatoms. The van der Waals surface area contributed by atoms with Crippen molar-refractivity contribution in [1.29, 1.82) is 0 Å². The van der Waals surface area contributed by atoms with Crippen molar-refractivity contribution in [3.63, 3.8) is 0 Å². The Morgan fingerprint density at radius 2 is 1.68 bits per heavy atom. The second kappa shape index (κ2) is 15.5. The predicted molar refractivity (Wildman–Crippen MR) is 161 cm³/mol. The average molecular weight is 548 g/mol. The number of nitrogens with one attached hydrogen (secondary N) is 1. The van der Waals surface area contributed by atoms with Gasteiger partial charge in [-0.25, -0.2) is 0 Å². The van der Waals surface area contributed by atoms with Crippen molar-refractivity contribution in [3.8, 4) is 0 Å². The number of anilines is 1. The van der Waals surface area contributed by atoms with Crippen molar-refractivity contribution < 1.29 is 14.3 Å². The first-order valence-corrected chi connectivity index (χ1v) is 14.9. The number of ether oxygens (including phenoxy) is 1. The molecule has 0 aliphatic carbocycles. The fourth-order valence-electron chi connectivity index (χ4n) is 5.10. The first kappa shape index (κ1) is 29.7. The lowest BCUT2D eigenvalue weighted by atomic mass is 9.99. The molecule has 0 aromatic heterocycles. The normalized spacial score (nSPS) is 16.2. The summed E-state index contributed by atoms with van der Waals surface area (Å²) in [6.45, 7) is 8.47. The van der Waals surface area contributed by atoms with Crippen LogP contribution in [0.25, 0.3) is 0 Å². The van der Waals surface area contributed by atoms with E-state index in [4.69, 9.17) is 4.74 Å².